The van der Waals surface area contributed by atoms with Crippen molar-refractivity contribution in [1.82, 2.24) is 19.9 Å². The number of benzene rings is 7. The van der Waals surface area contributed by atoms with Crippen molar-refractivity contribution in [1.29, 1.82) is 0 Å². The van der Waals surface area contributed by atoms with Crippen LogP contribution in [-0.4, -0.2) is 19.9 Å². The summed E-state index contributed by atoms with van der Waals surface area (Å²) in [6.07, 6.45) is 0. The zero-order valence-electron chi connectivity index (χ0n) is 27.8. The van der Waals surface area contributed by atoms with Crippen LogP contribution in [0.3, 0.4) is 0 Å². The van der Waals surface area contributed by atoms with Gasteiger partial charge in [0.15, 0.2) is 23.1 Å². The topological polar surface area (TPSA) is 64.7 Å². The Balaban J connectivity index is 1.16. The third-order valence-corrected chi connectivity index (χ3v) is 10.5. The summed E-state index contributed by atoms with van der Waals surface area (Å²) in [5.74, 6) is 2.43. The van der Waals surface area contributed by atoms with Gasteiger partial charge in [0.25, 0.3) is 0 Å². The van der Waals surface area contributed by atoms with E-state index in [2.05, 4.69) is 133 Å². The highest BCUT2D eigenvalue weighted by Crippen LogP contribution is 2.44. The van der Waals surface area contributed by atoms with E-state index in [-0.39, 0.29) is 0 Å². The molecule has 0 aliphatic heterocycles. The number of para-hydroxylation sites is 2. The van der Waals surface area contributed by atoms with Crippen LogP contribution < -0.4 is 0 Å². The number of oxazole rings is 1. The standard InChI is InChI=1S/C46H28N4OS/c1-3-11-29(12-4-1)31-21-25-33(26-22-31)43-48-44(34-27-23-32(24-28-34)30-13-5-2-6-14-30)50-45(49-43)35-15-9-19-39-41(35)42-36(16-10-20-40(42)52-39)46-47-37-17-7-8-18-38(37)51-46/h1-28H. The SMILES string of the molecule is c1ccc(-c2ccc(-c3nc(-c4ccc(-c5ccccc5)cc4)nc(-c4cccc5sc6cccc(-c7nc8ccccc8o7)c6c45)n3)cc2)cc1. The van der Waals surface area contributed by atoms with Gasteiger partial charge in [-0.3, -0.25) is 0 Å². The maximum Gasteiger partial charge on any atom is 0.227 e. The minimum Gasteiger partial charge on any atom is -0.436 e. The molecule has 0 saturated heterocycles. The maximum absolute atomic E-state index is 6.32. The van der Waals surface area contributed by atoms with E-state index in [4.69, 9.17) is 24.4 Å². The van der Waals surface area contributed by atoms with E-state index in [1.54, 1.807) is 11.3 Å². The molecule has 0 aliphatic carbocycles. The molecule has 0 radical (unpaired) electrons. The second-order valence-electron chi connectivity index (χ2n) is 12.6. The normalized spacial score (nSPS) is 11.5. The Morgan fingerprint density at radius 1 is 0.346 bits per heavy atom. The molecule has 3 aromatic heterocycles. The highest BCUT2D eigenvalue weighted by atomic mass is 32.1. The smallest absolute Gasteiger partial charge is 0.227 e. The Morgan fingerprint density at radius 3 is 1.38 bits per heavy atom. The van der Waals surface area contributed by atoms with Gasteiger partial charge in [-0.2, -0.15) is 0 Å². The lowest BCUT2D eigenvalue weighted by Gasteiger charge is -2.11. The average Bonchev–Trinajstić information content (AvgIpc) is 3.84. The van der Waals surface area contributed by atoms with Crippen molar-refractivity contribution in [2.24, 2.45) is 0 Å². The lowest BCUT2D eigenvalue weighted by molar-refractivity contribution is 0.620. The van der Waals surface area contributed by atoms with Gasteiger partial charge in [0.05, 0.1) is 0 Å². The van der Waals surface area contributed by atoms with E-state index in [9.17, 15) is 0 Å². The third-order valence-electron chi connectivity index (χ3n) is 9.42. The molecule has 244 valence electrons. The molecular weight excluding hydrogens is 657 g/mol. The predicted molar refractivity (Wildman–Crippen MR) is 213 cm³/mol. The number of hydrogen-bond acceptors (Lipinski definition) is 6. The Kier molecular flexibility index (Phi) is 7.25. The summed E-state index contributed by atoms with van der Waals surface area (Å²) in [7, 11) is 0. The average molecular weight is 685 g/mol. The molecule has 5 nitrogen and oxygen atoms in total. The molecule has 0 saturated carbocycles. The lowest BCUT2D eigenvalue weighted by atomic mass is 10.0. The largest absolute Gasteiger partial charge is 0.436 e. The van der Waals surface area contributed by atoms with Crippen molar-refractivity contribution in [2.45, 2.75) is 0 Å². The fraction of sp³-hybridized carbons (Fsp3) is 0. The van der Waals surface area contributed by atoms with Crippen molar-refractivity contribution in [3.63, 3.8) is 0 Å². The van der Waals surface area contributed by atoms with Crippen molar-refractivity contribution in [2.75, 3.05) is 0 Å². The Labute approximate surface area is 303 Å². The lowest BCUT2D eigenvalue weighted by Crippen LogP contribution is -2.00. The monoisotopic (exact) mass is 684 g/mol. The van der Waals surface area contributed by atoms with Crippen molar-refractivity contribution < 1.29 is 4.42 Å². The molecule has 0 fully saturated rings. The van der Waals surface area contributed by atoms with Crippen LogP contribution in [0.4, 0.5) is 0 Å². The van der Waals surface area contributed by atoms with Crippen LogP contribution in [-0.2, 0) is 0 Å². The first-order valence-electron chi connectivity index (χ1n) is 17.1. The summed E-state index contributed by atoms with van der Waals surface area (Å²) in [5, 5.41) is 2.15. The fourth-order valence-corrected chi connectivity index (χ4v) is 8.02. The molecule has 6 heteroatoms. The van der Waals surface area contributed by atoms with Gasteiger partial charge < -0.3 is 4.42 Å². The Morgan fingerprint density at radius 2 is 0.808 bits per heavy atom. The van der Waals surface area contributed by atoms with E-state index in [0.717, 1.165) is 75.8 Å². The molecular formula is C46H28N4OS. The summed E-state index contributed by atoms with van der Waals surface area (Å²) in [4.78, 5) is 20.3. The van der Waals surface area contributed by atoms with Crippen LogP contribution in [0.15, 0.2) is 174 Å². The number of thiophene rings is 1. The van der Waals surface area contributed by atoms with E-state index < -0.39 is 0 Å². The first-order valence-corrected chi connectivity index (χ1v) is 18.0. The van der Waals surface area contributed by atoms with Gasteiger partial charge in [-0.15, -0.1) is 11.3 Å². The number of hydrogen-bond donors (Lipinski definition) is 0. The summed E-state index contributed by atoms with van der Waals surface area (Å²) in [6, 6.07) is 58.2. The van der Waals surface area contributed by atoms with E-state index in [1.165, 1.54) is 0 Å². The van der Waals surface area contributed by atoms with Gasteiger partial charge in [0.2, 0.25) is 5.89 Å². The van der Waals surface area contributed by atoms with Gasteiger partial charge in [-0.25, -0.2) is 19.9 Å². The molecule has 0 bridgehead atoms. The molecule has 0 amide bonds. The quantitative estimate of drug-likeness (QED) is 0.174. The van der Waals surface area contributed by atoms with Crippen molar-refractivity contribution in [3.8, 4) is 67.9 Å². The zero-order valence-corrected chi connectivity index (χ0v) is 28.6. The zero-order chi connectivity index (χ0) is 34.4. The maximum atomic E-state index is 6.32. The number of fused-ring (bicyclic) bond motifs is 4. The number of aromatic nitrogens is 4. The molecule has 3 heterocycles. The molecule has 10 rings (SSSR count). The van der Waals surface area contributed by atoms with Gasteiger partial charge in [-0.05, 0) is 52.6 Å². The van der Waals surface area contributed by atoms with Crippen molar-refractivity contribution >= 4 is 42.6 Å². The van der Waals surface area contributed by atoms with Gasteiger partial charge in [0, 0.05) is 42.4 Å². The Hall–Kier alpha value is -6.76. The summed E-state index contributed by atoms with van der Waals surface area (Å²) in [5.41, 5.74) is 9.89. The van der Waals surface area contributed by atoms with E-state index in [0.29, 0.717) is 23.4 Å². The van der Waals surface area contributed by atoms with Crippen LogP contribution >= 0.6 is 11.3 Å². The molecule has 0 spiro atoms. The first-order chi connectivity index (χ1) is 25.7. The highest BCUT2D eigenvalue weighted by Gasteiger charge is 2.21. The second kappa shape index (κ2) is 12.5. The highest BCUT2D eigenvalue weighted by molar-refractivity contribution is 7.26. The summed E-state index contributed by atoms with van der Waals surface area (Å²) < 4.78 is 8.60. The summed E-state index contributed by atoms with van der Waals surface area (Å²) >= 11 is 1.75. The van der Waals surface area contributed by atoms with Gasteiger partial charge in [-0.1, -0.05) is 140 Å². The fourth-order valence-electron chi connectivity index (χ4n) is 6.86. The molecule has 10 aromatic rings. The van der Waals surface area contributed by atoms with Crippen LogP contribution in [0.5, 0.6) is 0 Å². The molecule has 7 aromatic carbocycles. The van der Waals surface area contributed by atoms with Crippen molar-refractivity contribution in [3.05, 3.63) is 170 Å². The summed E-state index contributed by atoms with van der Waals surface area (Å²) in [6.45, 7) is 0. The first kappa shape index (κ1) is 30.1. The predicted octanol–water partition coefficient (Wildman–Crippen LogP) is 12.4. The molecule has 0 atom stereocenters. The van der Waals surface area contributed by atoms with Crippen LogP contribution in [0.2, 0.25) is 0 Å². The third kappa shape index (κ3) is 5.34. The minimum atomic E-state index is 0.593. The van der Waals surface area contributed by atoms with E-state index in [1.807, 2.05) is 36.4 Å². The minimum absolute atomic E-state index is 0.593. The van der Waals surface area contributed by atoms with Gasteiger partial charge in [0.1, 0.15) is 5.52 Å². The number of nitrogens with zero attached hydrogens (tertiary/aromatic N) is 4. The number of rotatable bonds is 6. The van der Waals surface area contributed by atoms with Crippen LogP contribution in [0, 0.1) is 0 Å². The molecule has 0 N–H and O–H groups in total. The molecule has 0 unspecified atom stereocenters. The van der Waals surface area contributed by atoms with Crippen LogP contribution in [0.1, 0.15) is 0 Å². The Bertz CT molecular complexity index is 2750. The van der Waals surface area contributed by atoms with Crippen LogP contribution in [0.25, 0.3) is 99.1 Å². The second-order valence-corrected chi connectivity index (χ2v) is 13.7. The molecule has 0 aliphatic rings. The van der Waals surface area contributed by atoms with E-state index >= 15 is 0 Å². The molecule has 52 heavy (non-hydrogen) atoms. The van der Waals surface area contributed by atoms with Gasteiger partial charge >= 0.3 is 0 Å².